The number of aryl methyl sites for hydroxylation is 3. The summed E-state index contributed by atoms with van der Waals surface area (Å²) in [7, 11) is 0. The molecule has 90 valence electrons. The van der Waals surface area contributed by atoms with E-state index in [-0.39, 0.29) is 0 Å². The third-order valence-electron chi connectivity index (χ3n) is 3.09. The fourth-order valence-electron chi connectivity index (χ4n) is 2.43. The highest BCUT2D eigenvalue weighted by Gasteiger charge is 2.12. The van der Waals surface area contributed by atoms with Crippen LogP contribution in [0.15, 0.2) is 42.5 Å². The quantitative estimate of drug-likeness (QED) is 0.723. The van der Waals surface area contributed by atoms with Crippen molar-refractivity contribution in [2.75, 3.05) is 0 Å². The van der Waals surface area contributed by atoms with E-state index < -0.39 is 0 Å². The van der Waals surface area contributed by atoms with E-state index >= 15 is 0 Å². The highest BCUT2D eigenvalue weighted by Crippen LogP contribution is 2.27. The first kappa shape index (κ1) is 12.3. The van der Waals surface area contributed by atoms with E-state index in [2.05, 4.69) is 25.0 Å². The van der Waals surface area contributed by atoms with Crippen LogP contribution in [0.2, 0.25) is 0 Å². The molecule has 0 radical (unpaired) electrons. The van der Waals surface area contributed by atoms with Gasteiger partial charge in [0.2, 0.25) is 0 Å². The lowest BCUT2D eigenvalue weighted by Crippen LogP contribution is -1.97. The number of hydrogen-bond acceptors (Lipinski definition) is 1. The molecule has 0 aliphatic carbocycles. The molecular formula is C17H16O. The zero-order valence-electron chi connectivity index (χ0n) is 10.9. The van der Waals surface area contributed by atoms with Crippen LogP contribution in [0.3, 0.4) is 0 Å². The highest BCUT2D eigenvalue weighted by atomic mass is 16.1. The summed E-state index contributed by atoms with van der Waals surface area (Å²) in [5.41, 5.74) is 6.02. The van der Waals surface area contributed by atoms with Gasteiger partial charge in [-0.1, -0.05) is 48.0 Å². The molecule has 0 aliphatic rings. The molecule has 1 nitrogen and oxygen atoms in total. The largest absolute Gasteiger partial charge is 0.233 e. The first-order chi connectivity index (χ1) is 8.63. The Labute approximate surface area is 108 Å². The molecule has 0 heterocycles. The Bertz CT molecular complexity index is 594. The minimum atomic E-state index is 0.644. The molecule has 0 atom stereocenters. The van der Waals surface area contributed by atoms with Gasteiger partial charge in [0.1, 0.15) is 5.94 Å². The SMILES string of the molecule is Cc1cc(C)c(C(=C=O)c2ccccc2)c(C)c1. The average Bonchev–Trinajstić information content (AvgIpc) is 2.34. The molecule has 0 aliphatic heterocycles. The van der Waals surface area contributed by atoms with Gasteiger partial charge >= 0.3 is 0 Å². The van der Waals surface area contributed by atoms with Gasteiger partial charge in [0.25, 0.3) is 0 Å². The summed E-state index contributed by atoms with van der Waals surface area (Å²) in [6.45, 7) is 6.14. The molecule has 1 heteroatoms. The van der Waals surface area contributed by atoms with Gasteiger partial charge in [-0.15, -0.1) is 0 Å². The summed E-state index contributed by atoms with van der Waals surface area (Å²) in [4.78, 5) is 11.3. The minimum Gasteiger partial charge on any atom is -0.233 e. The second-order valence-corrected chi connectivity index (χ2v) is 4.62. The van der Waals surface area contributed by atoms with E-state index in [0.717, 1.165) is 22.3 Å². The van der Waals surface area contributed by atoms with E-state index in [1.807, 2.05) is 44.2 Å². The van der Waals surface area contributed by atoms with Gasteiger partial charge in [0.15, 0.2) is 0 Å². The predicted molar refractivity (Wildman–Crippen MR) is 75.3 cm³/mol. The lowest BCUT2D eigenvalue weighted by atomic mass is 9.90. The Morgan fingerprint density at radius 2 is 1.50 bits per heavy atom. The molecule has 18 heavy (non-hydrogen) atoms. The van der Waals surface area contributed by atoms with Crippen LogP contribution in [-0.4, -0.2) is 5.94 Å². The predicted octanol–water partition coefficient (Wildman–Crippen LogP) is 3.88. The van der Waals surface area contributed by atoms with Crippen LogP contribution in [0.5, 0.6) is 0 Å². The maximum Gasteiger partial charge on any atom is 0.133 e. The summed E-state index contributed by atoms with van der Waals surface area (Å²) in [5, 5.41) is 0. The Morgan fingerprint density at radius 1 is 0.944 bits per heavy atom. The van der Waals surface area contributed by atoms with Crippen molar-refractivity contribution in [3.8, 4) is 0 Å². The fourth-order valence-corrected chi connectivity index (χ4v) is 2.43. The topological polar surface area (TPSA) is 17.1 Å². The van der Waals surface area contributed by atoms with Crippen molar-refractivity contribution in [3.63, 3.8) is 0 Å². The van der Waals surface area contributed by atoms with Crippen LogP contribution < -0.4 is 0 Å². The van der Waals surface area contributed by atoms with Crippen molar-refractivity contribution in [3.05, 3.63) is 70.3 Å². The average molecular weight is 236 g/mol. The van der Waals surface area contributed by atoms with Crippen LogP contribution >= 0.6 is 0 Å². The Balaban J connectivity index is 2.65. The van der Waals surface area contributed by atoms with Gasteiger partial charge in [-0.25, -0.2) is 4.79 Å². The summed E-state index contributed by atoms with van der Waals surface area (Å²) in [6.07, 6.45) is 0. The highest BCUT2D eigenvalue weighted by molar-refractivity contribution is 5.98. The molecule has 2 rings (SSSR count). The van der Waals surface area contributed by atoms with Crippen LogP contribution in [0.1, 0.15) is 27.8 Å². The molecule has 2 aromatic carbocycles. The minimum absolute atomic E-state index is 0.644. The van der Waals surface area contributed by atoms with Crippen molar-refractivity contribution in [1.82, 2.24) is 0 Å². The van der Waals surface area contributed by atoms with Gasteiger partial charge in [0, 0.05) is 0 Å². The van der Waals surface area contributed by atoms with Crippen molar-refractivity contribution < 1.29 is 4.79 Å². The van der Waals surface area contributed by atoms with Gasteiger partial charge in [0.05, 0.1) is 5.57 Å². The molecule has 0 amide bonds. The van der Waals surface area contributed by atoms with Crippen molar-refractivity contribution >= 4 is 11.5 Å². The molecule has 0 bridgehead atoms. The molecule has 0 saturated heterocycles. The Morgan fingerprint density at radius 3 is 2.00 bits per heavy atom. The van der Waals surface area contributed by atoms with Gasteiger partial charge in [-0.2, -0.15) is 0 Å². The normalized spacial score (nSPS) is 9.94. The standard InChI is InChI=1S/C17H16O/c1-12-9-13(2)17(14(3)10-12)16(11-18)15-7-5-4-6-8-15/h4-10H,1-3H3. The number of hydrogen-bond donors (Lipinski definition) is 0. The number of rotatable bonds is 2. The van der Waals surface area contributed by atoms with Gasteiger partial charge in [-0.05, 0) is 43.0 Å². The molecule has 0 N–H and O–H groups in total. The smallest absolute Gasteiger partial charge is 0.133 e. The van der Waals surface area contributed by atoms with Crippen LogP contribution in [0.4, 0.5) is 0 Å². The van der Waals surface area contributed by atoms with Crippen molar-refractivity contribution in [2.45, 2.75) is 20.8 Å². The van der Waals surface area contributed by atoms with Crippen molar-refractivity contribution in [2.24, 2.45) is 0 Å². The Hall–Kier alpha value is -2.11. The number of benzene rings is 2. The molecule has 0 unspecified atom stereocenters. The second-order valence-electron chi connectivity index (χ2n) is 4.62. The number of carbonyl (C=O) groups excluding carboxylic acids is 1. The zero-order chi connectivity index (χ0) is 13.1. The van der Waals surface area contributed by atoms with Crippen molar-refractivity contribution in [1.29, 1.82) is 0 Å². The lowest BCUT2D eigenvalue weighted by Gasteiger charge is -2.12. The van der Waals surface area contributed by atoms with Crippen LogP contribution in [0.25, 0.3) is 5.57 Å². The van der Waals surface area contributed by atoms with Crippen LogP contribution in [0, 0.1) is 20.8 Å². The first-order valence-electron chi connectivity index (χ1n) is 6.02. The summed E-state index contributed by atoms with van der Waals surface area (Å²) in [6, 6.07) is 13.9. The first-order valence-corrected chi connectivity index (χ1v) is 6.02. The Kier molecular flexibility index (Phi) is 3.45. The molecule has 2 aromatic rings. The third kappa shape index (κ3) is 2.27. The summed E-state index contributed by atoms with van der Waals surface area (Å²) in [5.74, 6) is 2.10. The second kappa shape index (κ2) is 5.03. The van der Waals surface area contributed by atoms with Gasteiger partial charge in [-0.3, -0.25) is 0 Å². The summed E-state index contributed by atoms with van der Waals surface area (Å²) < 4.78 is 0. The van der Waals surface area contributed by atoms with E-state index in [1.54, 1.807) is 0 Å². The van der Waals surface area contributed by atoms with Gasteiger partial charge < -0.3 is 0 Å². The maximum absolute atomic E-state index is 11.3. The van der Waals surface area contributed by atoms with E-state index in [9.17, 15) is 4.79 Å². The lowest BCUT2D eigenvalue weighted by molar-refractivity contribution is 0.569. The zero-order valence-corrected chi connectivity index (χ0v) is 10.9. The molecule has 0 aromatic heterocycles. The molecule has 0 fully saturated rings. The molecule has 0 saturated carbocycles. The van der Waals surface area contributed by atoms with E-state index in [1.165, 1.54) is 5.56 Å². The molecular weight excluding hydrogens is 220 g/mol. The van der Waals surface area contributed by atoms with E-state index in [4.69, 9.17) is 0 Å². The van der Waals surface area contributed by atoms with Crippen LogP contribution in [-0.2, 0) is 4.79 Å². The monoisotopic (exact) mass is 236 g/mol. The third-order valence-corrected chi connectivity index (χ3v) is 3.09. The fraction of sp³-hybridized carbons (Fsp3) is 0.176. The summed E-state index contributed by atoms with van der Waals surface area (Å²) >= 11 is 0. The maximum atomic E-state index is 11.3. The molecule has 0 spiro atoms. The van der Waals surface area contributed by atoms with E-state index in [0.29, 0.717) is 5.57 Å².